The number of carbonyl (C=O) groups excluding carboxylic acids is 1. The molecule has 1 N–H and O–H groups in total. The van der Waals surface area contributed by atoms with E-state index in [1.165, 1.54) is 0 Å². The second kappa shape index (κ2) is 4.56. The molecule has 5 heteroatoms. The van der Waals surface area contributed by atoms with Crippen molar-refractivity contribution in [2.45, 2.75) is 39.5 Å². The van der Waals surface area contributed by atoms with Crippen LogP contribution in [0.4, 0.5) is 5.88 Å². The summed E-state index contributed by atoms with van der Waals surface area (Å²) in [4.78, 5) is 12.8. The largest absolute Gasteiger partial charge is 0.338 e. The van der Waals surface area contributed by atoms with Crippen LogP contribution in [0, 0.1) is 12.3 Å². The highest BCUT2D eigenvalue weighted by Gasteiger charge is 2.42. The van der Waals surface area contributed by atoms with Crippen LogP contribution in [-0.4, -0.2) is 10.9 Å². The minimum absolute atomic E-state index is 0.0192. The van der Waals surface area contributed by atoms with Crippen molar-refractivity contribution < 1.29 is 9.32 Å². The fraction of sp³-hybridized carbons (Fsp3) is 0.412. The van der Waals surface area contributed by atoms with Crippen molar-refractivity contribution in [3.8, 4) is 0 Å². The van der Waals surface area contributed by atoms with Gasteiger partial charge in [0.2, 0.25) is 5.88 Å². The number of nitrogens with one attached hydrogen (secondary N) is 1. The number of fused-ring (bicyclic) bond motifs is 1. The number of aryl methyl sites for hydroxylation is 1. The van der Waals surface area contributed by atoms with Crippen LogP contribution < -0.4 is 5.32 Å². The molecule has 0 unspecified atom stereocenters. The van der Waals surface area contributed by atoms with E-state index in [0.717, 1.165) is 34.5 Å². The van der Waals surface area contributed by atoms with Gasteiger partial charge in [0, 0.05) is 23.6 Å². The van der Waals surface area contributed by atoms with Crippen molar-refractivity contribution in [2.75, 3.05) is 5.32 Å². The van der Waals surface area contributed by atoms with E-state index < -0.39 is 0 Å². The van der Waals surface area contributed by atoms with Crippen LogP contribution in [0.15, 0.2) is 32.6 Å². The first kappa shape index (κ1) is 13.8. The van der Waals surface area contributed by atoms with Gasteiger partial charge in [-0.15, -0.1) is 0 Å². The van der Waals surface area contributed by atoms with Crippen molar-refractivity contribution in [3.63, 3.8) is 0 Å². The van der Waals surface area contributed by atoms with Gasteiger partial charge in [-0.3, -0.25) is 4.79 Å². The Bertz CT molecular complexity index is 784. The Morgan fingerprint density at radius 3 is 2.95 bits per heavy atom. The summed E-state index contributed by atoms with van der Waals surface area (Å²) in [5.41, 5.74) is 4.89. The van der Waals surface area contributed by atoms with Crippen molar-refractivity contribution in [3.05, 3.63) is 44.9 Å². The van der Waals surface area contributed by atoms with Gasteiger partial charge in [0.1, 0.15) is 0 Å². The highest BCUT2D eigenvalue weighted by atomic mass is 32.1. The van der Waals surface area contributed by atoms with E-state index >= 15 is 0 Å². The number of anilines is 1. The summed E-state index contributed by atoms with van der Waals surface area (Å²) >= 11 is 1.65. The van der Waals surface area contributed by atoms with Gasteiger partial charge in [0.15, 0.2) is 5.78 Å². The first-order valence-corrected chi connectivity index (χ1v) is 8.42. The molecule has 4 nitrogen and oxygen atoms in total. The summed E-state index contributed by atoms with van der Waals surface area (Å²) in [7, 11) is 0. The molecule has 1 aliphatic heterocycles. The SMILES string of the molecule is Cc1noc2c1[C@@H](c1ccsc1)C1=C(CC(C)(C)CC1=O)N2. The molecule has 0 spiro atoms. The average molecular weight is 314 g/mol. The van der Waals surface area contributed by atoms with Gasteiger partial charge in [0.05, 0.1) is 11.3 Å². The van der Waals surface area contributed by atoms with Gasteiger partial charge in [0.25, 0.3) is 0 Å². The lowest BCUT2D eigenvalue weighted by Gasteiger charge is -2.37. The van der Waals surface area contributed by atoms with Crippen molar-refractivity contribution in [1.29, 1.82) is 0 Å². The maximum atomic E-state index is 12.8. The Morgan fingerprint density at radius 1 is 1.41 bits per heavy atom. The molecule has 2 aliphatic rings. The second-order valence-electron chi connectivity index (χ2n) is 6.96. The molecule has 0 saturated carbocycles. The van der Waals surface area contributed by atoms with Crippen LogP contribution in [0.3, 0.4) is 0 Å². The lowest BCUT2D eigenvalue weighted by atomic mass is 9.69. The van der Waals surface area contributed by atoms with Gasteiger partial charge in [-0.1, -0.05) is 19.0 Å². The molecule has 0 radical (unpaired) electrons. The summed E-state index contributed by atoms with van der Waals surface area (Å²) in [5.74, 6) is 0.881. The normalized spacial score (nSPS) is 23.0. The van der Waals surface area contributed by atoms with Gasteiger partial charge in [-0.2, -0.15) is 11.3 Å². The van der Waals surface area contributed by atoms with Crippen molar-refractivity contribution in [1.82, 2.24) is 5.16 Å². The van der Waals surface area contributed by atoms with Gasteiger partial charge in [-0.05, 0) is 41.1 Å². The molecule has 0 aromatic carbocycles. The predicted octanol–water partition coefficient (Wildman–Crippen LogP) is 4.25. The topological polar surface area (TPSA) is 55.1 Å². The van der Waals surface area contributed by atoms with Crippen LogP contribution in [0.2, 0.25) is 0 Å². The molecule has 4 rings (SSSR count). The zero-order chi connectivity index (χ0) is 15.5. The van der Waals surface area contributed by atoms with Gasteiger partial charge < -0.3 is 9.84 Å². The molecule has 3 heterocycles. The number of thiophene rings is 1. The Hall–Kier alpha value is -1.88. The number of aromatic nitrogens is 1. The summed E-state index contributed by atoms with van der Waals surface area (Å²) < 4.78 is 5.46. The third kappa shape index (κ3) is 1.96. The number of allylic oxidation sites excluding steroid dienone is 2. The van der Waals surface area contributed by atoms with E-state index in [9.17, 15) is 4.79 Å². The second-order valence-corrected chi connectivity index (χ2v) is 7.74. The van der Waals surface area contributed by atoms with E-state index in [1.54, 1.807) is 11.3 Å². The molecular weight excluding hydrogens is 296 g/mol. The van der Waals surface area contributed by atoms with Crippen molar-refractivity contribution >= 4 is 23.0 Å². The minimum Gasteiger partial charge on any atom is -0.338 e. The number of Topliss-reactive ketones (excluding diaryl/α,β-unsaturated/α-hetero) is 1. The van der Waals surface area contributed by atoms with Gasteiger partial charge >= 0.3 is 0 Å². The quantitative estimate of drug-likeness (QED) is 0.855. The standard InChI is InChI=1S/C17H18N2O2S/c1-9-13-14(10-4-5-22-8-10)15-11(18-16(13)21-19-9)6-17(2,3)7-12(15)20/h4-5,8,14,18H,6-7H2,1-3H3/t14-/m1/s1. The van der Waals surface area contributed by atoms with E-state index in [-0.39, 0.29) is 17.1 Å². The van der Waals surface area contributed by atoms with Crippen LogP contribution in [0.25, 0.3) is 0 Å². The number of hydrogen-bond acceptors (Lipinski definition) is 5. The fourth-order valence-electron chi connectivity index (χ4n) is 3.64. The lowest BCUT2D eigenvalue weighted by molar-refractivity contribution is -0.118. The molecule has 2 aromatic heterocycles. The Morgan fingerprint density at radius 2 is 2.23 bits per heavy atom. The summed E-state index contributed by atoms with van der Waals surface area (Å²) in [6.07, 6.45) is 1.45. The number of carbonyl (C=O) groups is 1. The Labute approximate surface area is 133 Å². The minimum atomic E-state index is -0.0488. The number of hydrogen-bond donors (Lipinski definition) is 1. The Kier molecular flexibility index (Phi) is 2.85. The molecule has 2 aromatic rings. The first-order valence-electron chi connectivity index (χ1n) is 7.48. The number of rotatable bonds is 1. The molecule has 22 heavy (non-hydrogen) atoms. The van der Waals surface area contributed by atoms with Crippen LogP contribution in [0.1, 0.15) is 49.4 Å². The summed E-state index contributed by atoms with van der Waals surface area (Å²) in [5, 5.41) is 11.6. The third-order valence-electron chi connectivity index (χ3n) is 4.55. The zero-order valence-electron chi connectivity index (χ0n) is 12.9. The fourth-order valence-corrected chi connectivity index (χ4v) is 4.33. The van der Waals surface area contributed by atoms with Crippen LogP contribution in [0.5, 0.6) is 0 Å². The van der Waals surface area contributed by atoms with E-state index in [0.29, 0.717) is 12.3 Å². The maximum absolute atomic E-state index is 12.8. The lowest BCUT2D eigenvalue weighted by Crippen LogP contribution is -2.33. The molecule has 0 fully saturated rings. The van der Waals surface area contributed by atoms with E-state index in [4.69, 9.17) is 4.52 Å². The first-order chi connectivity index (χ1) is 10.5. The molecular formula is C17H18N2O2S. The van der Waals surface area contributed by atoms with Gasteiger partial charge in [-0.25, -0.2) is 0 Å². The summed E-state index contributed by atoms with van der Waals surface area (Å²) in [6, 6.07) is 2.09. The zero-order valence-corrected chi connectivity index (χ0v) is 13.7. The molecule has 0 bridgehead atoms. The van der Waals surface area contributed by atoms with E-state index in [2.05, 4.69) is 41.1 Å². The summed E-state index contributed by atoms with van der Waals surface area (Å²) in [6.45, 7) is 6.21. The van der Waals surface area contributed by atoms with E-state index in [1.807, 2.05) is 6.92 Å². The van der Waals surface area contributed by atoms with Crippen molar-refractivity contribution in [2.24, 2.45) is 5.41 Å². The molecule has 1 atom stereocenters. The highest BCUT2D eigenvalue weighted by molar-refractivity contribution is 7.08. The Balaban J connectivity index is 1.94. The maximum Gasteiger partial charge on any atom is 0.233 e. The number of nitrogens with zero attached hydrogens (tertiary/aromatic N) is 1. The molecule has 114 valence electrons. The van der Waals surface area contributed by atoms with Crippen LogP contribution >= 0.6 is 11.3 Å². The monoisotopic (exact) mass is 314 g/mol. The smallest absolute Gasteiger partial charge is 0.233 e. The highest BCUT2D eigenvalue weighted by Crippen LogP contribution is 2.50. The third-order valence-corrected chi connectivity index (χ3v) is 5.25. The number of ketones is 1. The molecule has 0 saturated heterocycles. The average Bonchev–Trinajstić information content (AvgIpc) is 3.05. The molecule has 1 aliphatic carbocycles. The molecule has 0 amide bonds. The predicted molar refractivity (Wildman–Crippen MR) is 86.1 cm³/mol. The van der Waals surface area contributed by atoms with Crippen LogP contribution in [-0.2, 0) is 4.79 Å².